The molecular formula is C24H25FN4O2. The van der Waals surface area contributed by atoms with Gasteiger partial charge in [-0.2, -0.15) is 4.98 Å². The van der Waals surface area contributed by atoms with Crippen molar-refractivity contribution >= 4 is 12.0 Å². The van der Waals surface area contributed by atoms with Crippen LogP contribution in [0.3, 0.4) is 0 Å². The van der Waals surface area contributed by atoms with E-state index in [9.17, 15) is 9.18 Å². The SMILES string of the molecule is O=C(CCc1nc(-c2ccc(F)cc2)no1)N1CCN(CC=Cc2ccccc2)CC1. The van der Waals surface area contributed by atoms with E-state index in [-0.39, 0.29) is 11.7 Å². The molecule has 1 aliphatic rings. The molecule has 0 saturated carbocycles. The second-order valence-electron chi connectivity index (χ2n) is 7.51. The molecule has 1 aliphatic heterocycles. The number of hydrogen-bond acceptors (Lipinski definition) is 5. The molecule has 7 heteroatoms. The van der Waals surface area contributed by atoms with Gasteiger partial charge in [-0.15, -0.1) is 0 Å². The fourth-order valence-electron chi connectivity index (χ4n) is 3.53. The molecule has 0 N–H and O–H groups in total. The number of aryl methyl sites for hydroxylation is 1. The van der Waals surface area contributed by atoms with E-state index in [0.29, 0.717) is 30.1 Å². The van der Waals surface area contributed by atoms with Gasteiger partial charge in [0.15, 0.2) is 0 Å². The first-order valence-electron chi connectivity index (χ1n) is 10.5. The van der Waals surface area contributed by atoms with Gasteiger partial charge in [-0.1, -0.05) is 47.6 Å². The van der Waals surface area contributed by atoms with Crippen LogP contribution in [0.15, 0.2) is 65.2 Å². The number of aromatic nitrogens is 2. The average molecular weight is 420 g/mol. The molecule has 160 valence electrons. The smallest absolute Gasteiger partial charge is 0.227 e. The molecule has 0 aliphatic carbocycles. The van der Waals surface area contributed by atoms with Crippen molar-refractivity contribution in [1.29, 1.82) is 0 Å². The van der Waals surface area contributed by atoms with E-state index in [4.69, 9.17) is 4.52 Å². The van der Waals surface area contributed by atoms with E-state index >= 15 is 0 Å². The molecule has 31 heavy (non-hydrogen) atoms. The molecule has 2 aromatic carbocycles. The Kier molecular flexibility index (Phi) is 6.84. The van der Waals surface area contributed by atoms with Crippen molar-refractivity contribution in [1.82, 2.24) is 19.9 Å². The van der Waals surface area contributed by atoms with Gasteiger partial charge in [0.25, 0.3) is 0 Å². The number of piperazine rings is 1. The van der Waals surface area contributed by atoms with Gasteiger partial charge in [-0.05, 0) is 29.8 Å². The van der Waals surface area contributed by atoms with Crippen LogP contribution < -0.4 is 0 Å². The highest BCUT2D eigenvalue weighted by molar-refractivity contribution is 5.76. The van der Waals surface area contributed by atoms with E-state index in [0.717, 1.165) is 32.7 Å². The Balaban J connectivity index is 1.20. The first-order valence-corrected chi connectivity index (χ1v) is 10.5. The first kappa shape index (κ1) is 20.9. The summed E-state index contributed by atoms with van der Waals surface area (Å²) >= 11 is 0. The molecule has 0 bridgehead atoms. The second-order valence-corrected chi connectivity index (χ2v) is 7.51. The summed E-state index contributed by atoms with van der Waals surface area (Å²) in [4.78, 5) is 21.1. The number of rotatable bonds is 7. The van der Waals surface area contributed by atoms with Crippen LogP contribution in [0.4, 0.5) is 4.39 Å². The van der Waals surface area contributed by atoms with Crippen molar-refractivity contribution in [2.24, 2.45) is 0 Å². The van der Waals surface area contributed by atoms with E-state index in [1.54, 1.807) is 12.1 Å². The van der Waals surface area contributed by atoms with Crippen LogP contribution in [-0.2, 0) is 11.2 Å². The number of hydrogen-bond donors (Lipinski definition) is 0. The number of nitrogens with zero attached hydrogens (tertiary/aromatic N) is 4. The molecule has 0 radical (unpaired) electrons. The molecule has 1 amide bonds. The molecule has 0 atom stereocenters. The second kappa shape index (κ2) is 10.1. The molecule has 1 saturated heterocycles. The normalized spacial score (nSPS) is 14.9. The number of amides is 1. The third kappa shape index (κ3) is 5.86. The fourth-order valence-corrected chi connectivity index (χ4v) is 3.53. The molecule has 3 aromatic rings. The monoisotopic (exact) mass is 420 g/mol. The van der Waals surface area contributed by atoms with Crippen molar-refractivity contribution in [3.05, 3.63) is 77.9 Å². The van der Waals surface area contributed by atoms with Crippen molar-refractivity contribution in [2.75, 3.05) is 32.7 Å². The number of carbonyl (C=O) groups excluding carboxylic acids is 1. The van der Waals surface area contributed by atoms with E-state index in [2.05, 4.69) is 39.3 Å². The standard InChI is InChI=1S/C24H25FN4O2/c25-21-10-8-20(9-11-21)24-26-22(31-27-24)12-13-23(30)29-17-15-28(16-18-29)14-4-7-19-5-2-1-3-6-19/h1-11H,12-18H2. The summed E-state index contributed by atoms with van der Waals surface area (Å²) in [6.07, 6.45) is 5.02. The van der Waals surface area contributed by atoms with Gasteiger partial charge in [0.05, 0.1) is 0 Å². The summed E-state index contributed by atoms with van der Waals surface area (Å²) in [6, 6.07) is 16.1. The minimum absolute atomic E-state index is 0.0982. The van der Waals surface area contributed by atoms with Crippen LogP contribution in [0.2, 0.25) is 0 Å². The predicted molar refractivity (Wildman–Crippen MR) is 117 cm³/mol. The molecule has 1 aromatic heterocycles. The lowest BCUT2D eigenvalue weighted by Crippen LogP contribution is -2.48. The third-order valence-corrected chi connectivity index (χ3v) is 5.32. The topological polar surface area (TPSA) is 62.5 Å². The maximum absolute atomic E-state index is 13.0. The highest BCUT2D eigenvalue weighted by Gasteiger charge is 2.21. The Hall–Kier alpha value is -3.32. The zero-order valence-electron chi connectivity index (χ0n) is 17.3. The largest absolute Gasteiger partial charge is 0.340 e. The van der Waals surface area contributed by atoms with Gasteiger partial charge in [0.1, 0.15) is 5.82 Å². The third-order valence-electron chi connectivity index (χ3n) is 5.32. The summed E-state index contributed by atoms with van der Waals surface area (Å²) in [6.45, 7) is 4.05. The Labute approximate surface area is 181 Å². The maximum atomic E-state index is 13.0. The van der Waals surface area contributed by atoms with Crippen LogP contribution in [-0.4, -0.2) is 58.6 Å². The number of benzene rings is 2. The summed E-state index contributed by atoms with van der Waals surface area (Å²) in [5.41, 5.74) is 1.88. The molecule has 2 heterocycles. The molecule has 6 nitrogen and oxygen atoms in total. The van der Waals surface area contributed by atoms with Gasteiger partial charge in [-0.3, -0.25) is 9.69 Å². The highest BCUT2D eigenvalue weighted by Crippen LogP contribution is 2.17. The molecule has 1 fully saturated rings. The summed E-state index contributed by atoms with van der Waals surface area (Å²) in [5.74, 6) is 0.600. The lowest BCUT2D eigenvalue weighted by molar-refractivity contribution is -0.132. The predicted octanol–water partition coefficient (Wildman–Crippen LogP) is 3.67. The van der Waals surface area contributed by atoms with Gasteiger partial charge in [0, 0.05) is 51.1 Å². The van der Waals surface area contributed by atoms with Crippen molar-refractivity contribution in [3.63, 3.8) is 0 Å². The zero-order valence-corrected chi connectivity index (χ0v) is 17.3. The van der Waals surface area contributed by atoms with Crippen LogP contribution >= 0.6 is 0 Å². The Morgan fingerprint density at radius 2 is 1.77 bits per heavy atom. The zero-order chi connectivity index (χ0) is 21.5. The van der Waals surface area contributed by atoms with Crippen LogP contribution in [0.1, 0.15) is 17.9 Å². The lowest BCUT2D eigenvalue weighted by atomic mass is 10.2. The van der Waals surface area contributed by atoms with Crippen LogP contribution in [0, 0.1) is 5.82 Å². The van der Waals surface area contributed by atoms with Crippen LogP contribution in [0.25, 0.3) is 17.5 Å². The average Bonchev–Trinajstić information content (AvgIpc) is 3.28. The lowest BCUT2D eigenvalue weighted by Gasteiger charge is -2.34. The van der Waals surface area contributed by atoms with Gasteiger partial charge in [-0.25, -0.2) is 4.39 Å². The van der Waals surface area contributed by atoms with E-state index in [1.165, 1.54) is 17.7 Å². The van der Waals surface area contributed by atoms with Crippen molar-refractivity contribution in [3.8, 4) is 11.4 Å². The molecule has 0 spiro atoms. The minimum Gasteiger partial charge on any atom is -0.340 e. The number of halogens is 1. The molecule has 4 rings (SSSR count). The minimum atomic E-state index is -0.314. The van der Waals surface area contributed by atoms with Gasteiger partial charge >= 0.3 is 0 Å². The summed E-state index contributed by atoms with van der Waals surface area (Å²) in [5, 5.41) is 3.92. The van der Waals surface area contributed by atoms with Crippen molar-refractivity contribution < 1.29 is 13.7 Å². The highest BCUT2D eigenvalue weighted by atomic mass is 19.1. The van der Waals surface area contributed by atoms with E-state index in [1.807, 2.05) is 23.1 Å². The summed E-state index contributed by atoms with van der Waals surface area (Å²) in [7, 11) is 0. The van der Waals surface area contributed by atoms with Crippen LogP contribution in [0.5, 0.6) is 0 Å². The number of carbonyl (C=O) groups is 1. The maximum Gasteiger partial charge on any atom is 0.227 e. The molecular weight excluding hydrogens is 395 g/mol. The molecule has 0 unspecified atom stereocenters. The fraction of sp³-hybridized carbons (Fsp3) is 0.292. The first-order chi connectivity index (χ1) is 15.2. The van der Waals surface area contributed by atoms with Gasteiger partial charge < -0.3 is 9.42 Å². The Morgan fingerprint density at radius 1 is 1.03 bits per heavy atom. The Bertz CT molecular complexity index is 1010. The van der Waals surface area contributed by atoms with Crippen molar-refractivity contribution in [2.45, 2.75) is 12.8 Å². The van der Waals surface area contributed by atoms with Gasteiger partial charge in [0.2, 0.25) is 17.6 Å². The van der Waals surface area contributed by atoms with E-state index < -0.39 is 0 Å². The quantitative estimate of drug-likeness (QED) is 0.584. The summed E-state index contributed by atoms with van der Waals surface area (Å²) < 4.78 is 18.3. The Morgan fingerprint density at radius 3 is 2.52 bits per heavy atom.